The summed E-state index contributed by atoms with van der Waals surface area (Å²) in [6, 6.07) is 20.5. The van der Waals surface area contributed by atoms with Crippen molar-refractivity contribution in [3.63, 3.8) is 0 Å². The van der Waals surface area contributed by atoms with Crippen molar-refractivity contribution in [1.82, 2.24) is 10.2 Å². The average Bonchev–Trinajstić information content (AvgIpc) is 2.93. The molecule has 39 heavy (non-hydrogen) atoms. The van der Waals surface area contributed by atoms with E-state index in [1.807, 2.05) is 19.9 Å². The van der Waals surface area contributed by atoms with Gasteiger partial charge < -0.3 is 15.0 Å². The number of nitrogens with zero attached hydrogens (tertiary/aromatic N) is 2. The number of halogens is 1. The van der Waals surface area contributed by atoms with Crippen LogP contribution in [0.1, 0.15) is 26.3 Å². The maximum absolute atomic E-state index is 13.9. The molecule has 208 valence electrons. The molecular formula is C29H34ClN3O5S. The van der Waals surface area contributed by atoms with Gasteiger partial charge in [-0.3, -0.25) is 13.9 Å². The van der Waals surface area contributed by atoms with E-state index in [4.69, 9.17) is 16.3 Å². The van der Waals surface area contributed by atoms with Crippen molar-refractivity contribution in [2.75, 3.05) is 24.5 Å². The van der Waals surface area contributed by atoms with Gasteiger partial charge in [0.1, 0.15) is 18.3 Å². The number of benzene rings is 3. The summed E-state index contributed by atoms with van der Waals surface area (Å²) in [4.78, 5) is 28.4. The quantitative estimate of drug-likeness (QED) is 0.339. The molecule has 0 fully saturated rings. The molecule has 10 heteroatoms. The Morgan fingerprint density at radius 3 is 2.28 bits per heavy atom. The number of rotatable bonds is 12. The molecule has 0 aliphatic rings. The molecule has 1 N–H and O–H groups in total. The van der Waals surface area contributed by atoms with Gasteiger partial charge in [-0.2, -0.15) is 0 Å². The van der Waals surface area contributed by atoms with E-state index in [0.717, 1.165) is 9.87 Å². The predicted molar refractivity (Wildman–Crippen MR) is 153 cm³/mol. The Labute approximate surface area is 235 Å². The van der Waals surface area contributed by atoms with Gasteiger partial charge in [0.2, 0.25) is 11.8 Å². The molecule has 0 heterocycles. The summed E-state index contributed by atoms with van der Waals surface area (Å²) < 4.78 is 33.8. The molecule has 0 aliphatic heterocycles. The molecule has 0 radical (unpaired) electrons. The first kappa shape index (κ1) is 30.0. The standard InChI is InChI=1S/C29H34ClN3O5S/c1-21(2)18-31-29(35)22(3)32(19-23-10-8-13-26(16-23)38-4)28(34)20-33(25-12-9-11-24(30)17-25)39(36,37)27-14-6-5-7-15-27/h5-17,21-22H,18-20H2,1-4H3,(H,31,35). The van der Waals surface area contributed by atoms with Crippen LogP contribution < -0.4 is 14.4 Å². The first-order valence-electron chi connectivity index (χ1n) is 12.6. The van der Waals surface area contributed by atoms with E-state index in [1.54, 1.807) is 68.6 Å². The van der Waals surface area contributed by atoms with E-state index in [0.29, 0.717) is 17.3 Å². The molecule has 2 amide bonds. The molecule has 0 aromatic heterocycles. The molecule has 0 aliphatic carbocycles. The van der Waals surface area contributed by atoms with Crippen molar-refractivity contribution in [3.05, 3.63) is 89.4 Å². The highest BCUT2D eigenvalue weighted by Crippen LogP contribution is 2.27. The number of anilines is 1. The third-order valence-electron chi connectivity index (χ3n) is 6.05. The number of sulfonamides is 1. The van der Waals surface area contributed by atoms with Crippen molar-refractivity contribution >= 4 is 39.1 Å². The number of methoxy groups -OCH3 is 1. The highest BCUT2D eigenvalue weighted by molar-refractivity contribution is 7.92. The van der Waals surface area contributed by atoms with Gasteiger partial charge in [-0.1, -0.05) is 61.8 Å². The summed E-state index contributed by atoms with van der Waals surface area (Å²) in [6.45, 7) is 5.55. The molecule has 1 unspecified atom stereocenters. The molecule has 3 aromatic rings. The van der Waals surface area contributed by atoms with Gasteiger partial charge in [-0.25, -0.2) is 8.42 Å². The van der Waals surface area contributed by atoms with Crippen LogP contribution in [0.25, 0.3) is 0 Å². The first-order valence-corrected chi connectivity index (χ1v) is 14.4. The van der Waals surface area contributed by atoms with Crippen LogP contribution in [0.2, 0.25) is 5.02 Å². The Hall–Kier alpha value is -3.56. The van der Waals surface area contributed by atoms with E-state index in [1.165, 1.54) is 23.1 Å². The van der Waals surface area contributed by atoms with Gasteiger partial charge in [0.15, 0.2) is 0 Å². The fourth-order valence-corrected chi connectivity index (χ4v) is 5.49. The number of hydrogen-bond acceptors (Lipinski definition) is 5. The van der Waals surface area contributed by atoms with Gasteiger partial charge >= 0.3 is 0 Å². The second kappa shape index (κ2) is 13.5. The van der Waals surface area contributed by atoms with Crippen LogP contribution in [-0.2, 0) is 26.2 Å². The topological polar surface area (TPSA) is 96.0 Å². The van der Waals surface area contributed by atoms with E-state index in [2.05, 4.69) is 5.32 Å². The van der Waals surface area contributed by atoms with Crippen LogP contribution in [0.4, 0.5) is 5.69 Å². The van der Waals surface area contributed by atoms with Gasteiger partial charge in [-0.05, 0) is 60.9 Å². The molecule has 3 aromatic carbocycles. The van der Waals surface area contributed by atoms with Crippen LogP contribution in [0.3, 0.4) is 0 Å². The lowest BCUT2D eigenvalue weighted by atomic mass is 10.1. The lowest BCUT2D eigenvalue weighted by molar-refractivity contribution is -0.139. The van der Waals surface area contributed by atoms with Crippen molar-refractivity contribution in [1.29, 1.82) is 0 Å². The lowest BCUT2D eigenvalue weighted by Crippen LogP contribution is -2.51. The zero-order chi connectivity index (χ0) is 28.6. The van der Waals surface area contributed by atoms with Crippen LogP contribution in [0.15, 0.2) is 83.8 Å². The Kier molecular flexibility index (Phi) is 10.4. The van der Waals surface area contributed by atoms with Gasteiger partial charge in [0.05, 0.1) is 17.7 Å². The fourth-order valence-electron chi connectivity index (χ4n) is 3.88. The summed E-state index contributed by atoms with van der Waals surface area (Å²) in [5.41, 5.74) is 0.962. The number of amides is 2. The van der Waals surface area contributed by atoms with Crippen molar-refractivity contribution in [2.24, 2.45) is 5.92 Å². The third kappa shape index (κ3) is 7.97. The zero-order valence-electron chi connectivity index (χ0n) is 22.5. The number of ether oxygens (including phenoxy) is 1. The van der Waals surface area contributed by atoms with Gasteiger partial charge in [0, 0.05) is 18.1 Å². The Balaban J connectivity index is 2.01. The second-order valence-electron chi connectivity index (χ2n) is 9.49. The Bertz CT molecular complexity index is 1380. The van der Waals surface area contributed by atoms with Crippen molar-refractivity contribution in [2.45, 2.75) is 38.3 Å². The minimum atomic E-state index is -4.14. The van der Waals surface area contributed by atoms with Crippen LogP contribution in [-0.4, -0.2) is 51.4 Å². The molecule has 3 rings (SSSR count). The average molecular weight is 572 g/mol. The normalized spacial score (nSPS) is 12.1. The largest absolute Gasteiger partial charge is 0.497 e. The second-order valence-corrected chi connectivity index (χ2v) is 11.8. The molecule has 0 bridgehead atoms. The maximum atomic E-state index is 13.9. The molecular weight excluding hydrogens is 538 g/mol. The summed E-state index contributed by atoms with van der Waals surface area (Å²) >= 11 is 6.19. The SMILES string of the molecule is COc1cccc(CN(C(=O)CN(c2cccc(Cl)c2)S(=O)(=O)c2ccccc2)C(C)C(=O)NCC(C)C)c1. The fraction of sp³-hybridized carbons (Fsp3) is 0.310. The summed E-state index contributed by atoms with van der Waals surface area (Å²) in [5.74, 6) is -0.0632. The third-order valence-corrected chi connectivity index (χ3v) is 8.07. The number of hydrogen-bond donors (Lipinski definition) is 1. The molecule has 0 saturated carbocycles. The highest BCUT2D eigenvalue weighted by atomic mass is 35.5. The number of carbonyl (C=O) groups excluding carboxylic acids is 2. The molecule has 1 atom stereocenters. The van der Waals surface area contributed by atoms with Crippen molar-refractivity contribution in [3.8, 4) is 5.75 Å². The summed E-state index contributed by atoms with van der Waals surface area (Å²) in [5, 5.41) is 3.19. The summed E-state index contributed by atoms with van der Waals surface area (Å²) in [6.07, 6.45) is 0. The Morgan fingerprint density at radius 1 is 0.949 bits per heavy atom. The number of carbonyl (C=O) groups is 2. The van der Waals surface area contributed by atoms with E-state index >= 15 is 0 Å². The monoisotopic (exact) mass is 571 g/mol. The molecule has 0 spiro atoms. The van der Waals surface area contributed by atoms with Crippen molar-refractivity contribution < 1.29 is 22.7 Å². The van der Waals surface area contributed by atoms with Gasteiger partial charge in [0.25, 0.3) is 10.0 Å². The molecule has 8 nitrogen and oxygen atoms in total. The number of nitrogens with one attached hydrogen (secondary N) is 1. The zero-order valence-corrected chi connectivity index (χ0v) is 24.1. The molecule has 0 saturated heterocycles. The predicted octanol–water partition coefficient (Wildman–Crippen LogP) is 4.73. The van der Waals surface area contributed by atoms with E-state index in [9.17, 15) is 18.0 Å². The Morgan fingerprint density at radius 2 is 1.64 bits per heavy atom. The van der Waals surface area contributed by atoms with Crippen LogP contribution >= 0.6 is 11.6 Å². The minimum absolute atomic E-state index is 0.0276. The lowest BCUT2D eigenvalue weighted by Gasteiger charge is -2.32. The van der Waals surface area contributed by atoms with E-state index < -0.39 is 28.5 Å². The highest BCUT2D eigenvalue weighted by Gasteiger charge is 2.32. The smallest absolute Gasteiger partial charge is 0.264 e. The van der Waals surface area contributed by atoms with Gasteiger partial charge in [-0.15, -0.1) is 0 Å². The van der Waals surface area contributed by atoms with E-state index in [-0.39, 0.29) is 29.0 Å². The first-order chi connectivity index (χ1) is 18.5. The maximum Gasteiger partial charge on any atom is 0.264 e. The van der Waals surface area contributed by atoms with Crippen LogP contribution in [0.5, 0.6) is 5.75 Å². The summed E-state index contributed by atoms with van der Waals surface area (Å²) in [7, 11) is -2.60. The minimum Gasteiger partial charge on any atom is -0.497 e. The van der Waals surface area contributed by atoms with Crippen LogP contribution in [0, 0.1) is 5.92 Å².